The largest absolute Gasteiger partial charge is 0.424 e. The van der Waals surface area contributed by atoms with Gasteiger partial charge in [0.25, 0.3) is 0 Å². The monoisotopic (exact) mass is 235 g/mol. The van der Waals surface area contributed by atoms with E-state index in [1.807, 2.05) is 0 Å². The fraction of sp³-hybridized carbons (Fsp3) is 0.0833. The maximum absolute atomic E-state index is 11.6. The van der Waals surface area contributed by atoms with E-state index in [-0.39, 0.29) is 0 Å². The molecule has 0 spiro atoms. The Balaban J connectivity index is 2.80. The lowest BCUT2D eigenvalue weighted by molar-refractivity contribution is 0.477. The van der Waals surface area contributed by atoms with Crippen molar-refractivity contribution >= 4 is 24.3 Å². The second-order valence-corrected chi connectivity index (χ2v) is 3.72. The Hall–Kier alpha value is -1.74. The molecule has 0 saturated carbocycles. The molecule has 1 aromatic carbocycles. The minimum absolute atomic E-state index is 0.458. The first-order chi connectivity index (χ1) is 7.63. The Labute approximate surface area is 96.9 Å². The lowest BCUT2D eigenvalue weighted by atomic mass is 10.3. The van der Waals surface area contributed by atoms with Gasteiger partial charge in [0.05, 0.1) is 11.0 Å². The summed E-state index contributed by atoms with van der Waals surface area (Å²) < 4.78 is 6.43. The highest BCUT2D eigenvalue weighted by Gasteiger charge is 2.06. The topological polar surface area (TPSA) is 35.1 Å². The molecule has 0 bridgehead atoms. The van der Waals surface area contributed by atoms with E-state index in [9.17, 15) is 4.79 Å². The Bertz CT molecular complexity index is 682. The molecule has 2 aromatic rings. The van der Waals surface area contributed by atoms with Crippen LogP contribution < -0.4 is 16.5 Å². The lowest BCUT2D eigenvalue weighted by Gasteiger charge is -1.99. The van der Waals surface area contributed by atoms with Gasteiger partial charge in [0, 0.05) is 5.02 Å². The van der Waals surface area contributed by atoms with E-state index in [0.29, 0.717) is 21.5 Å². The maximum atomic E-state index is 11.6. The molecule has 16 heavy (non-hydrogen) atoms. The van der Waals surface area contributed by atoms with Gasteiger partial charge in [-0.3, -0.25) is 0 Å². The standard InChI is InChI=1S/C12H10ClNO2/c1-3-11-8(2)14(12(15)16-11)10-6-4-5-9(13)7-10/h3-7H,2H2,1H3/b11-3+. The number of nitrogens with zero attached hydrogens (tertiary/aromatic N) is 1. The summed E-state index contributed by atoms with van der Waals surface area (Å²) >= 11 is 5.87. The highest BCUT2D eigenvalue weighted by molar-refractivity contribution is 6.30. The van der Waals surface area contributed by atoms with Crippen molar-refractivity contribution in [3.8, 4) is 5.69 Å². The summed E-state index contributed by atoms with van der Waals surface area (Å²) in [6.07, 6.45) is 1.70. The van der Waals surface area contributed by atoms with Crippen molar-refractivity contribution in [3.63, 3.8) is 0 Å². The van der Waals surface area contributed by atoms with Gasteiger partial charge < -0.3 is 4.42 Å². The molecule has 1 heterocycles. The summed E-state index contributed by atoms with van der Waals surface area (Å²) in [5.41, 5.74) is 1.13. The van der Waals surface area contributed by atoms with E-state index < -0.39 is 5.76 Å². The number of hydrogen-bond acceptors (Lipinski definition) is 2. The van der Waals surface area contributed by atoms with Crippen LogP contribution in [0, 0.1) is 0 Å². The van der Waals surface area contributed by atoms with Crippen molar-refractivity contribution in [2.24, 2.45) is 0 Å². The molecule has 4 heteroatoms. The molecule has 0 unspecified atom stereocenters. The predicted octanol–water partition coefficient (Wildman–Crippen LogP) is 1.29. The van der Waals surface area contributed by atoms with Gasteiger partial charge >= 0.3 is 5.76 Å². The zero-order chi connectivity index (χ0) is 11.7. The third-order valence-corrected chi connectivity index (χ3v) is 2.50. The Morgan fingerprint density at radius 1 is 1.50 bits per heavy atom. The summed E-state index contributed by atoms with van der Waals surface area (Å²) in [5, 5.41) is 1.08. The molecule has 0 amide bonds. The fourth-order valence-corrected chi connectivity index (χ4v) is 1.71. The second-order valence-electron chi connectivity index (χ2n) is 3.28. The first kappa shape index (κ1) is 10.8. The van der Waals surface area contributed by atoms with Crippen molar-refractivity contribution in [3.05, 3.63) is 50.6 Å². The van der Waals surface area contributed by atoms with Gasteiger partial charge in [-0.25, -0.2) is 9.36 Å². The van der Waals surface area contributed by atoms with Crippen LogP contribution in [0.15, 0.2) is 33.5 Å². The van der Waals surface area contributed by atoms with E-state index in [1.54, 1.807) is 37.3 Å². The molecule has 0 aliphatic carbocycles. The number of halogens is 1. The lowest BCUT2D eigenvalue weighted by Crippen LogP contribution is -2.29. The van der Waals surface area contributed by atoms with Crippen molar-refractivity contribution in [1.82, 2.24) is 4.57 Å². The highest BCUT2D eigenvalue weighted by atomic mass is 35.5. The van der Waals surface area contributed by atoms with E-state index in [2.05, 4.69) is 6.58 Å². The SMILES string of the molecule is C=c1/c(=C\C)oc(=O)n1-c1cccc(Cl)c1. The smallest absolute Gasteiger partial charge is 0.408 e. The molecule has 0 N–H and O–H groups in total. The molecular formula is C12H10ClNO2. The predicted molar refractivity (Wildman–Crippen MR) is 64.2 cm³/mol. The van der Waals surface area contributed by atoms with Gasteiger partial charge in [-0.15, -0.1) is 0 Å². The maximum Gasteiger partial charge on any atom is 0.424 e. The first-order valence-corrected chi connectivity index (χ1v) is 5.14. The summed E-state index contributed by atoms with van der Waals surface area (Å²) in [6, 6.07) is 6.97. The van der Waals surface area contributed by atoms with Crippen LogP contribution in [0.3, 0.4) is 0 Å². The van der Waals surface area contributed by atoms with Crippen LogP contribution in [0.1, 0.15) is 6.92 Å². The molecule has 0 radical (unpaired) electrons. The minimum Gasteiger partial charge on any atom is -0.408 e. The van der Waals surface area contributed by atoms with Gasteiger partial charge in [-0.2, -0.15) is 0 Å². The van der Waals surface area contributed by atoms with E-state index in [1.165, 1.54) is 4.57 Å². The molecule has 1 aromatic heterocycles. The van der Waals surface area contributed by atoms with Crippen molar-refractivity contribution in [2.45, 2.75) is 6.92 Å². The molecule has 0 atom stereocenters. The summed E-state index contributed by atoms with van der Waals surface area (Å²) in [6.45, 7) is 5.60. The average molecular weight is 236 g/mol. The number of oxazole rings is 1. The van der Waals surface area contributed by atoms with Crippen molar-refractivity contribution in [2.75, 3.05) is 0 Å². The molecule has 82 valence electrons. The Morgan fingerprint density at radius 2 is 2.25 bits per heavy atom. The van der Waals surface area contributed by atoms with Gasteiger partial charge in [-0.05, 0) is 31.2 Å². The molecular weight excluding hydrogens is 226 g/mol. The van der Waals surface area contributed by atoms with Crippen LogP contribution in [-0.4, -0.2) is 4.57 Å². The quantitative estimate of drug-likeness (QED) is 0.747. The first-order valence-electron chi connectivity index (χ1n) is 4.76. The van der Waals surface area contributed by atoms with Crippen LogP contribution >= 0.6 is 11.6 Å². The summed E-state index contributed by atoms with van der Waals surface area (Å²) in [4.78, 5) is 11.6. The normalized spacial score (nSPS) is 12.0. The number of rotatable bonds is 1. The van der Waals surface area contributed by atoms with E-state index in [0.717, 1.165) is 0 Å². The zero-order valence-electron chi connectivity index (χ0n) is 8.74. The summed E-state index contributed by atoms with van der Waals surface area (Å²) in [7, 11) is 0. The highest BCUT2D eigenvalue weighted by Crippen LogP contribution is 2.11. The summed E-state index contributed by atoms with van der Waals surface area (Å²) in [5.74, 6) is -0.458. The Morgan fingerprint density at radius 3 is 2.81 bits per heavy atom. The van der Waals surface area contributed by atoms with Gasteiger partial charge in [0.15, 0.2) is 5.42 Å². The minimum atomic E-state index is -0.458. The van der Waals surface area contributed by atoms with E-state index in [4.69, 9.17) is 16.0 Å². The molecule has 0 fully saturated rings. The van der Waals surface area contributed by atoms with Crippen molar-refractivity contribution < 1.29 is 4.42 Å². The van der Waals surface area contributed by atoms with Gasteiger partial charge in [0.1, 0.15) is 0 Å². The van der Waals surface area contributed by atoms with Crippen LogP contribution in [0.4, 0.5) is 0 Å². The molecule has 2 rings (SSSR count). The van der Waals surface area contributed by atoms with Crippen LogP contribution in [0.5, 0.6) is 0 Å². The zero-order valence-corrected chi connectivity index (χ0v) is 9.49. The Kier molecular flexibility index (Phi) is 2.71. The van der Waals surface area contributed by atoms with E-state index >= 15 is 0 Å². The van der Waals surface area contributed by atoms with Gasteiger partial charge in [0.2, 0.25) is 0 Å². The van der Waals surface area contributed by atoms with Crippen LogP contribution in [0.2, 0.25) is 5.02 Å². The third-order valence-electron chi connectivity index (χ3n) is 2.26. The number of hydrogen-bond donors (Lipinski definition) is 0. The second kappa shape index (κ2) is 4.02. The fourth-order valence-electron chi connectivity index (χ4n) is 1.52. The number of benzene rings is 1. The van der Waals surface area contributed by atoms with Crippen LogP contribution in [-0.2, 0) is 0 Å². The third kappa shape index (κ3) is 1.70. The molecule has 0 aliphatic rings. The number of aromatic nitrogens is 1. The van der Waals surface area contributed by atoms with Gasteiger partial charge in [-0.1, -0.05) is 24.2 Å². The van der Waals surface area contributed by atoms with Crippen LogP contribution in [0.25, 0.3) is 18.3 Å². The van der Waals surface area contributed by atoms with Crippen molar-refractivity contribution in [1.29, 1.82) is 0 Å². The molecule has 0 aliphatic heterocycles. The average Bonchev–Trinajstić information content (AvgIpc) is 2.53. The molecule has 0 saturated heterocycles. The molecule has 3 nitrogen and oxygen atoms in total.